The van der Waals surface area contributed by atoms with Gasteiger partial charge >= 0.3 is 0 Å². The summed E-state index contributed by atoms with van der Waals surface area (Å²) in [5, 5.41) is 9.17. The lowest BCUT2D eigenvalue weighted by Gasteiger charge is -2.20. The number of carbonyl (C=O) groups excluding carboxylic acids is 1. The summed E-state index contributed by atoms with van der Waals surface area (Å²) in [6, 6.07) is 13.1. The van der Waals surface area contributed by atoms with Gasteiger partial charge in [0.25, 0.3) is 0 Å². The van der Waals surface area contributed by atoms with Gasteiger partial charge in [-0.15, -0.1) is 0 Å². The summed E-state index contributed by atoms with van der Waals surface area (Å²) in [4.78, 5) is 17.0. The number of hydrogen-bond donors (Lipinski definition) is 0. The van der Waals surface area contributed by atoms with Gasteiger partial charge in [-0.25, -0.2) is 0 Å². The molecule has 100 valence electrons. The monoisotopic (exact) mass is 265 g/mol. The molecule has 0 saturated heterocycles. The van der Waals surface area contributed by atoms with Crippen molar-refractivity contribution in [3.63, 3.8) is 0 Å². The fourth-order valence-electron chi connectivity index (χ4n) is 2.00. The van der Waals surface area contributed by atoms with Crippen LogP contribution in [0.3, 0.4) is 0 Å². The zero-order chi connectivity index (χ0) is 14.4. The number of nitriles is 1. The van der Waals surface area contributed by atoms with Crippen LogP contribution in [0.15, 0.2) is 42.6 Å². The van der Waals surface area contributed by atoms with Gasteiger partial charge in [0, 0.05) is 37.5 Å². The maximum Gasteiger partial charge on any atom is 0.150 e. The molecule has 4 nitrogen and oxygen atoms in total. The number of anilines is 1. The smallest absolute Gasteiger partial charge is 0.150 e. The molecule has 4 heteroatoms. The van der Waals surface area contributed by atoms with Gasteiger partial charge in [-0.1, -0.05) is 6.07 Å². The Morgan fingerprint density at radius 1 is 1.35 bits per heavy atom. The van der Waals surface area contributed by atoms with Crippen molar-refractivity contribution < 1.29 is 4.79 Å². The molecule has 0 spiro atoms. The Bertz CT molecular complexity index is 632. The number of hydrogen-bond acceptors (Lipinski definition) is 4. The van der Waals surface area contributed by atoms with Gasteiger partial charge in [0.2, 0.25) is 0 Å². The Morgan fingerprint density at radius 2 is 2.20 bits per heavy atom. The average Bonchev–Trinajstić information content (AvgIpc) is 2.52. The summed E-state index contributed by atoms with van der Waals surface area (Å²) in [6.45, 7) is 0.756. The Morgan fingerprint density at radius 3 is 2.85 bits per heavy atom. The van der Waals surface area contributed by atoms with Crippen molar-refractivity contribution in [3.8, 4) is 6.07 Å². The standard InChI is InChI=1S/C16H15N3O/c1-19(9-7-15-4-2-3-8-18-15)16-6-5-13(12-20)10-14(16)11-17/h2-6,8,10,12H,7,9H2,1H3. The number of aromatic nitrogens is 1. The van der Waals surface area contributed by atoms with Gasteiger partial charge in [-0.05, 0) is 30.3 Å². The number of rotatable bonds is 5. The van der Waals surface area contributed by atoms with Crippen LogP contribution in [-0.2, 0) is 6.42 Å². The van der Waals surface area contributed by atoms with E-state index in [1.165, 1.54) is 0 Å². The normalized spacial score (nSPS) is 9.80. The van der Waals surface area contributed by atoms with Crippen LogP contribution in [0.1, 0.15) is 21.6 Å². The van der Waals surface area contributed by atoms with E-state index >= 15 is 0 Å². The van der Waals surface area contributed by atoms with Gasteiger partial charge in [0.1, 0.15) is 12.4 Å². The second kappa shape index (κ2) is 6.48. The molecular weight excluding hydrogens is 250 g/mol. The van der Waals surface area contributed by atoms with Crippen molar-refractivity contribution in [1.82, 2.24) is 4.98 Å². The summed E-state index contributed by atoms with van der Waals surface area (Å²) < 4.78 is 0. The van der Waals surface area contributed by atoms with Crippen LogP contribution in [0.2, 0.25) is 0 Å². The molecular formula is C16H15N3O. The molecule has 0 unspecified atom stereocenters. The molecule has 1 aromatic heterocycles. The molecule has 0 bridgehead atoms. The first-order valence-corrected chi connectivity index (χ1v) is 6.35. The van der Waals surface area contributed by atoms with Crippen molar-refractivity contribution in [2.24, 2.45) is 0 Å². The Balaban J connectivity index is 2.11. The summed E-state index contributed by atoms with van der Waals surface area (Å²) in [6.07, 6.45) is 3.32. The number of benzene rings is 1. The number of pyridine rings is 1. The Hall–Kier alpha value is -2.67. The minimum atomic E-state index is 0.512. The molecule has 20 heavy (non-hydrogen) atoms. The van der Waals surface area contributed by atoms with E-state index in [2.05, 4.69) is 11.1 Å². The first-order valence-electron chi connectivity index (χ1n) is 6.35. The van der Waals surface area contributed by atoms with E-state index in [4.69, 9.17) is 5.26 Å². The van der Waals surface area contributed by atoms with Crippen molar-refractivity contribution in [2.45, 2.75) is 6.42 Å². The lowest BCUT2D eigenvalue weighted by Crippen LogP contribution is -2.21. The van der Waals surface area contributed by atoms with Gasteiger partial charge < -0.3 is 4.90 Å². The van der Waals surface area contributed by atoms with Crippen LogP contribution in [0.4, 0.5) is 5.69 Å². The molecule has 2 aromatic rings. The number of likely N-dealkylation sites (N-methyl/N-ethyl adjacent to an activating group) is 1. The molecule has 0 fully saturated rings. The van der Waals surface area contributed by atoms with Gasteiger partial charge in [-0.3, -0.25) is 9.78 Å². The van der Waals surface area contributed by atoms with Crippen molar-refractivity contribution in [1.29, 1.82) is 5.26 Å². The lowest BCUT2D eigenvalue weighted by molar-refractivity contribution is 0.112. The summed E-state index contributed by atoms with van der Waals surface area (Å²) in [7, 11) is 1.93. The van der Waals surface area contributed by atoms with Crippen LogP contribution in [0.5, 0.6) is 0 Å². The number of carbonyl (C=O) groups is 1. The maximum absolute atomic E-state index is 10.7. The quantitative estimate of drug-likeness (QED) is 0.779. The first-order chi connectivity index (χ1) is 9.74. The molecule has 0 N–H and O–H groups in total. The largest absolute Gasteiger partial charge is 0.373 e. The molecule has 1 aromatic carbocycles. The maximum atomic E-state index is 10.7. The van der Waals surface area contributed by atoms with E-state index < -0.39 is 0 Å². The SMILES string of the molecule is CN(CCc1ccccn1)c1ccc(C=O)cc1C#N. The first kappa shape index (κ1) is 13.8. The van der Waals surface area contributed by atoms with Crippen LogP contribution in [-0.4, -0.2) is 24.9 Å². The van der Waals surface area contributed by atoms with Crippen LogP contribution in [0.25, 0.3) is 0 Å². The third-order valence-electron chi connectivity index (χ3n) is 3.12. The van der Waals surface area contributed by atoms with E-state index in [9.17, 15) is 4.79 Å². The highest BCUT2D eigenvalue weighted by atomic mass is 16.1. The Kier molecular flexibility index (Phi) is 4.46. The predicted octanol–water partition coefficient (Wildman–Crippen LogP) is 2.44. The van der Waals surface area contributed by atoms with Crippen molar-refractivity contribution >= 4 is 12.0 Å². The fourth-order valence-corrected chi connectivity index (χ4v) is 2.00. The second-order valence-electron chi connectivity index (χ2n) is 4.50. The fraction of sp³-hybridized carbons (Fsp3) is 0.188. The van der Waals surface area contributed by atoms with Crippen LogP contribution >= 0.6 is 0 Å². The second-order valence-corrected chi connectivity index (χ2v) is 4.50. The third kappa shape index (κ3) is 3.21. The predicted molar refractivity (Wildman–Crippen MR) is 77.8 cm³/mol. The summed E-state index contributed by atoms with van der Waals surface area (Å²) in [5.74, 6) is 0. The lowest BCUT2D eigenvalue weighted by atomic mass is 10.1. The molecule has 0 aliphatic rings. The van der Waals surface area contributed by atoms with Gasteiger partial charge in [-0.2, -0.15) is 5.26 Å². The topological polar surface area (TPSA) is 57.0 Å². The molecule has 2 rings (SSSR count). The van der Waals surface area contributed by atoms with E-state index in [0.29, 0.717) is 11.1 Å². The summed E-state index contributed by atoms with van der Waals surface area (Å²) >= 11 is 0. The minimum Gasteiger partial charge on any atom is -0.373 e. The van der Waals surface area contributed by atoms with E-state index in [1.807, 2.05) is 30.1 Å². The number of nitrogens with zero attached hydrogens (tertiary/aromatic N) is 3. The zero-order valence-electron chi connectivity index (χ0n) is 11.3. The van der Waals surface area contributed by atoms with Gasteiger partial charge in [0.15, 0.2) is 0 Å². The highest BCUT2D eigenvalue weighted by Gasteiger charge is 2.08. The number of aldehydes is 1. The van der Waals surface area contributed by atoms with Crippen molar-refractivity contribution in [3.05, 3.63) is 59.4 Å². The Labute approximate surface area is 118 Å². The molecule has 0 amide bonds. The molecule has 1 heterocycles. The van der Waals surface area contributed by atoms with E-state index in [-0.39, 0.29) is 0 Å². The molecule has 0 saturated carbocycles. The van der Waals surface area contributed by atoms with Crippen LogP contribution in [0, 0.1) is 11.3 Å². The highest BCUT2D eigenvalue weighted by molar-refractivity contribution is 5.78. The van der Waals surface area contributed by atoms with Crippen LogP contribution < -0.4 is 4.90 Å². The molecule has 0 aliphatic heterocycles. The average molecular weight is 265 g/mol. The molecule has 0 atom stereocenters. The molecule has 0 radical (unpaired) electrons. The minimum absolute atomic E-state index is 0.512. The summed E-state index contributed by atoms with van der Waals surface area (Å²) in [5.41, 5.74) is 2.87. The highest BCUT2D eigenvalue weighted by Crippen LogP contribution is 2.20. The third-order valence-corrected chi connectivity index (χ3v) is 3.12. The van der Waals surface area contributed by atoms with E-state index in [0.717, 1.165) is 30.6 Å². The van der Waals surface area contributed by atoms with Crippen molar-refractivity contribution in [2.75, 3.05) is 18.5 Å². The van der Waals surface area contributed by atoms with Gasteiger partial charge in [0.05, 0.1) is 11.3 Å². The van der Waals surface area contributed by atoms with E-state index in [1.54, 1.807) is 24.4 Å². The zero-order valence-corrected chi connectivity index (χ0v) is 11.3. The molecule has 0 aliphatic carbocycles.